The van der Waals surface area contributed by atoms with Gasteiger partial charge in [-0.25, -0.2) is 4.98 Å². The molecule has 1 amide bonds. The summed E-state index contributed by atoms with van der Waals surface area (Å²) in [5.41, 5.74) is 1.05. The minimum Gasteiger partial charge on any atom is -0.324 e. The predicted molar refractivity (Wildman–Crippen MR) is 109 cm³/mol. The van der Waals surface area contributed by atoms with Gasteiger partial charge in [-0.2, -0.15) is 5.26 Å². The summed E-state index contributed by atoms with van der Waals surface area (Å²) in [5.74, 6) is -0.176. The standard InChI is InChI=1S/C19H13BrN4O2S/c20-14-8-4-5-9-15(14)22-16(25)11-27-19-23-17(12-6-2-1-3-7-12)13(10-21)18(26)24-19/h1-9H,11H2,(H,22,25)(H,23,24,26). The number of thioether (sulfide) groups is 1. The number of nitrogens with one attached hydrogen (secondary N) is 2. The Kier molecular flexibility index (Phi) is 6.06. The number of amides is 1. The van der Waals surface area contributed by atoms with Crippen molar-refractivity contribution in [2.24, 2.45) is 0 Å². The molecule has 1 aromatic heterocycles. The zero-order chi connectivity index (χ0) is 19.2. The van der Waals surface area contributed by atoms with E-state index in [1.807, 2.05) is 30.3 Å². The molecule has 0 saturated heterocycles. The number of nitriles is 1. The van der Waals surface area contributed by atoms with Gasteiger partial charge < -0.3 is 10.3 Å². The second-order valence-corrected chi connectivity index (χ2v) is 7.21. The molecule has 3 rings (SSSR count). The van der Waals surface area contributed by atoms with Crippen molar-refractivity contribution >= 4 is 39.3 Å². The van der Waals surface area contributed by atoms with E-state index in [1.54, 1.807) is 30.3 Å². The lowest BCUT2D eigenvalue weighted by Gasteiger charge is -2.08. The van der Waals surface area contributed by atoms with Gasteiger partial charge >= 0.3 is 0 Å². The Labute approximate surface area is 167 Å². The van der Waals surface area contributed by atoms with Crippen LogP contribution < -0.4 is 10.9 Å². The SMILES string of the molecule is N#Cc1c(-c2ccccc2)nc(SCC(=O)Nc2ccccc2Br)[nH]c1=O. The number of aromatic amines is 1. The molecule has 0 aliphatic carbocycles. The first-order valence-electron chi connectivity index (χ1n) is 7.85. The summed E-state index contributed by atoms with van der Waals surface area (Å²) in [4.78, 5) is 31.3. The Morgan fingerprint density at radius 3 is 2.59 bits per heavy atom. The number of hydrogen-bond acceptors (Lipinski definition) is 5. The third-order valence-corrected chi connectivity index (χ3v) is 5.11. The van der Waals surface area contributed by atoms with Crippen LogP contribution in [0.2, 0.25) is 0 Å². The van der Waals surface area contributed by atoms with Gasteiger partial charge in [-0.1, -0.05) is 54.2 Å². The normalized spacial score (nSPS) is 10.2. The lowest BCUT2D eigenvalue weighted by molar-refractivity contribution is -0.113. The van der Waals surface area contributed by atoms with Gasteiger partial charge in [-0.3, -0.25) is 9.59 Å². The summed E-state index contributed by atoms with van der Waals surface area (Å²) < 4.78 is 0.777. The Morgan fingerprint density at radius 1 is 1.19 bits per heavy atom. The van der Waals surface area contributed by atoms with Crippen LogP contribution in [0.3, 0.4) is 0 Å². The first kappa shape index (κ1) is 18.9. The second-order valence-electron chi connectivity index (χ2n) is 5.39. The maximum absolute atomic E-state index is 12.2. The van der Waals surface area contributed by atoms with Gasteiger partial charge in [0.25, 0.3) is 5.56 Å². The Balaban J connectivity index is 1.79. The van der Waals surface area contributed by atoms with E-state index in [0.29, 0.717) is 16.9 Å². The molecule has 2 aromatic carbocycles. The molecule has 3 aromatic rings. The monoisotopic (exact) mass is 440 g/mol. The van der Waals surface area contributed by atoms with Crippen LogP contribution in [0, 0.1) is 11.3 Å². The smallest absolute Gasteiger partial charge is 0.270 e. The molecule has 0 atom stereocenters. The first-order chi connectivity index (χ1) is 13.1. The van der Waals surface area contributed by atoms with E-state index in [9.17, 15) is 14.9 Å². The zero-order valence-electron chi connectivity index (χ0n) is 13.9. The fraction of sp³-hybridized carbons (Fsp3) is 0.0526. The first-order valence-corrected chi connectivity index (χ1v) is 9.63. The third-order valence-electron chi connectivity index (χ3n) is 3.54. The summed E-state index contributed by atoms with van der Waals surface area (Å²) in [7, 11) is 0. The van der Waals surface area contributed by atoms with E-state index in [4.69, 9.17) is 0 Å². The molecule has 27 heavy (non-hydrogen) atoms. The van der Waals surface area contributed by atoms with Crippen molar-refractivity contribution in [3.8, 4) is 17.3 Å². The van der Waals surface area contributed by atoms with Crippen LogP contribution in [0.1, 0.15) is 5.56 Å². The fourth-order valence-electron chi connectivity index (χ4n) is 2.31. The number of rotatable bonds is 5. The topological polar surface area (TPSA) is 98.6 Å². The highest BCUT2D eigenvalue weighted by Crippen LogP contribution is 2.23. The number of carbonyl (C=O) groups is 1. The van der Waals surface area contributed by atoms with Crippen LogP contribution in [0.25, 0.3) is 11.3 Å². The molecule has 1 heterocycles. The average molecular weight is 441 g/mol. The van der Waals surface area contributed by atoms with Gasteiger partial charge in [0.1, 0.15) is 11.6 Å². The van der Waals surface area contributed by atoms with Gasteiger partial charge in [0.05, 0.1) is 17.1 Å². The third kappa shape index (κ3) is 4.64. The molecule has 0 saturated carbocycles. The van der Waals surface area contributed by atoms with Crippen molar-refractivity contribution in [1.82, 2.24) is 9.97 Å². The molecule has 0 unspecified atom stereocenters. The Morgan fingerprint density at radius 2 is 1.89 bits per heavy atom. The maximum Gasteiger partial charge on any atom is 0.270 e. The molecule has 8 heteroatoms. The quantitative estimate of drug-likeness (QED) is 0.464. The second kappa shape index (κ2) is 8.66. The van der Waals surface area contributed by atoms with Gasteiger partial charge in [0, 0.05) is 10.0 Å². The van der Waals surface area contributed by atoms with Crippen molar-refractivity contribution in [2.75, 3.05) is 11.1 Å². The number of aromatic nitrogens is 2. The van der Waals surface area contributed by atoms with E-state index in [-0.39, 0.29) is 22.4 Å². The van der Waals surface area contributed by atoms with E-state index < -0.39 is 5.56 Å². The molecule has 0 fully saturated rings. The molecular formula is C19H13BrN4O2S. The zero-order valence-corrected chi connectivity index (χ0v) is 16.3. The average Bonchev–Trinajstić information content (AvgIpc) is 2.68. The van der Waals surface area contributed by atoms with Crippen LogP contribution in [0.15, 0.2) is 69.0 Å². The van der Waals surface area contributed by atoms with Crippen molar-refractivity contribution < 1.29 is 4.79 Å². The van der Waals surface area contributed by atoms with Gasteiger partial charge in [0.2, 0.25) is 5.91 Å². The summed E-state index contributed by atoms with van der Waals surface area (Å²) in [5, 5.41) is 12.3. The highest BCUT2D eigenvalue weighted by Gasteiger charge is 2.14. The molecule has 0 bridgehead atoms. The van der Waals surface area contributed by atoms with E-state index in [2.05, 4.69) is 31.2 Å². The van der Waals surface area contributed by atoms with Crippen LogP contribution in [0.5, 0.6) is 0 Å². The van der Waals surface area contributed by atoms with E-state index >= 15 is 0 Å². The van der Waals surface area contributed by atoms with E-state index in [0.717, 1.165) is 16.2 Å². The van der Waals surface area contributed by atoms with Gasteiger partial charge in [-0.15, -0.1) is 0 Å². The number of anilines is 1. The highest BCUT2D eigenvalue weighted by molar-refractivity contribution is 9.10. The number of benzene rings is 2. The molecule has 0 aliphatic rings. The fourth-order valence-corrected chi connectivity index (χ4v) is 3.36. The maximum atomic E-state index is 12.2. The summed E-state index contributed by atoms with van der Waals surface area (Å²) >= 11 is 4.46. The van der Waals surface area contributed by atoms with Gasteiger partial charge in [-0.05, 0) is 28.1 Å². The number of carbonyl (C=O) groups excluding carboxylic acids is 1. The molecule has 6 nitrogen and oxygen atoms in total. The highest BCUT2D eigenvalue weighted by atomic mass is 79.9. The number of H-pyrrole nitrogens is 1. The molecular weight excluding hydrogens is 428 g/mol. The van der Waals surface area contributed by atoms with E-state index in [1.165, 1.54) is 0 Å². The van der Waals surface area contributed by atoms with Crippen molar-refractivity contribution in [2.45, 2.75) is 5.16 Å². The predicted octanol–water partition coefficient (Wildman–Crippen LogP) is 3.80. The van der Waals surface area contributed by atoms with Crippen LogP contribution >= 0.6 is 27.7 Å². The number of hydrogen-bond donors (Lipinski definition) is 2. The summed E-state index contributed by atoms with van der Waals surface area (Å²) in [6, 6.07) is 18.2. The van der Waals surface area contributed by atoms with Crippen molar-refractivity contribution in [3.63, 3.8) is 0 Å². The molecule has 2 N–H and O–H groups in total. The minimum atomic E-state index is -0.528. The van der Waals surface area contributed by atoms with Crippen molar-refractivity contribution in [1.29, 1.82) is 5.26 Å². The molecule has 0 aliphatic heterocycles. The number of para-hydroxylation sites is 1. The lowest BCUT2D eigenvalue weighted by atomic mass is 10.1. The Hall–Kier alpha value is -2.89. The number of nitrogens with zero attached hydrogens (tertiary/aromatic N) is 2. The minimum absolute atomic E-state index is 0.0526. The summed E-state index contributed by atoms with van der Waals surface area (Å²) in [6.07, 6.45) is 0. The molecule has 0 spiro atoms. The van der Waals surface area contributed by atoms with Gasteiger partial charge in [0.15, 0.2) is 5.16 Å². The molecule has 134 valence electrons. The summed E-state index contributed by atoms with van der Waals surface area (Å²) in [6.45, 7) is 0. The largest absolute Gasteiger partial charge is 0.324 e. The lowest BCUT2D eigenvalue weighted by Crippen LogP contribution is -2.17. The van der Waals surface area contributed by atoms with Crippen molar-refractivity contribution in [3.05, 3.63) is 75.0 Å². The number of halogens is 1. The molecule has 0 radical (unpaired) electrons. The van der Waals surface area contributed by atoms with Crippen LogP contribution in [-0.4, -0.2) is 21.6 Å². The van der Waals surface area contributed by atoms with Crippen LogP contribution in [-0.2, 0) is 4.79 Å². The Bertz CT molecular complexity index is 1080. The van der Waals surface area contributed by atoms with Crippen LogP contribution in [0.4, 0.5) is 5.69 Å².